The number of aromatic nitrogens is 1. The number of carbonyl (C=O) groups is 2. The first-order chi connectivity index (χ1) is 10.6. The van der Waals surface area contributed by atoms with Crippen LogP contribution in [0.1, 0.15) is 40.7 Å². The minimum absolute atomic E-state index is 0.00989. The van der Waals surface area contributed by atoms with E-state index in [1.807, 2.05) is 38.1 Å². The Morgan fingerprint density at radius 3 is 2.55 bits per heavy atom. The van der Waals surface area contributed by atoms with Crippen LogP contribution in [-0.2, 0) is 9.53 Å². The molecule has 1 aromatic heterocycles. The number of benzene rings is 1. The first-order valence-corrected chi connectivity index (χ1v) is 7.21. The predicted octanol–water partition coefficient (Wildman–Crippen LogP) is 3.31. The molecule has 0 fully saturated rings. The van der Waals surface area contributed by atoms with Crippen LogP contribution in [0, 0.1) is 6.92 Å². The summed E-state index contributed by atoms with van der Waals surface area (Å²) in [6.45, 7) is 3.66. The number of aryl methyl sites for hydroxylation is 1. The van der Waals surface area contributed by atoms with Crippen LogP contribution in [0.3, 0.4) is 0 Å². The number of ether oxygens (including phenoxy) is 1. The maximum atomic E-state index is 11.9. The number of ketones is 1. The predicted molar refractivity (Wildman–Crippen MR) is 83.7 cm³/mol. The Morgan fingerprint density at radius 2 is 1.91 bits per heavy atom. The second-order valence-electron chi connectivity index (χ2n) is 5.34. The summed E-state index contributed by atoms with van der Waals surface area (Å²) in [5, 5.41) is 0. The van der Waals surface area contributed by atoms with Crippen molar-refractivity contribution < 1.29 is 14.3 Å². The average Bonchev–Trinajstić information content (AvgIpc) is 2.54. The Hall–Kier alpha value is -2.49. The zero-order valence-corrected chi connectivity index (χ0v) is 12.8. The number of Topliss-reactive ketones (excluding diaryl/α,β-unsaturated/α-hetero) is 1. The van der Waals surface area contributed by atoms with E-state index in [1.165, 1.54) is 0 Å². The topological polar surface area (TPSA) is 56.3 Å². The summed E-state index contributed by atoms with van der Waals surface area (Å²) in [6, 6.07) is 11.0. The van der Waals surface area contributed by atoms with E-state index in [9.17, 15) is 9.59 Å². The molecule has 22 heavy (non-hydrogen) atoms. The maximum absolute atomic E-state index is 11.9. The molecule has 1 heterocycles. The normalized spacial score (nSPS) is 11.7. The standard InChI is InChI=1S/C18H19NO3/c1-13-5-7-15(8-6-13)17(20)12-22-18(21)10-14(2)16-4-3-9-19-11-16/h3-9,11,14H,10,12H2,1-2H3. The second kappa shape index (κ2) is 7.50. The number of esters is 1. The van der Waals surface area contributed by atoms with E-state index in [-0.39, 0.29) is 30.7 Å². The van der Waals surface area contributed by atoms with Crippen molar-refractivity contribution >= 4 is 11.8 Å². The van der Waals surface area contributed by atoms with E-state index in [2.05, 4.69) is 4.98 Å². The van der Waals surface area contributed by atoms with E-state index in [0.29, 0.717) is 5.56 Å². The van der Waals surface area contributed by atoms with Crippen molar-refractivity contribution in [2.45, 2.75) is 26.2 Å². The molecule has 0 N–H and O–H groups in total. The van der Waals surface area contributed by atoms with E-state index in [1.54, 1.807) is 24.5 Å². The summed E-state index contributed by atoms with van der Waals surface area (Å²) >= 11 is 0. The van der Waals surface area contributed by atoms with Gasteiger partial charge in [0.2, 0.25) is 0 Å². The first kappa shape index (κ1) is 15.9. The summed E-state index contributed by atoms with van der Waals surface area (Å²) in [5.74, 6) is -0.560. The van der Waals surface area contributed by atoms with Crippen LogP contribution < -0.4 is 0 Å². The molecule has 0 bridgehead atoms. The average molecular weight is 297 g/mol. The fraction of sp³-hybridized carbons (Fsp3) is 0.278. The van der Waals surface area contributed by atoms with Crippen molar-refractivity contribution in [2.75, 3.05) is 6.61 Å². The Morgan fingerprint density at radius 1 is 1.18 bits per heavy atom. The Balaban J connectivity index is 1.82. The molecule has 2 rings (SSSR count). The third kappa shape index (κ3) is 4.52. The summed E-state index contributed by atoms with van der Waals surface area (Å²) in [6.07, 6.45) is 3.65. The molecule has 0 aliphatic rings. The van der Waals surface area contributed by atoms with Gasteiger partial charge in [-0.2, -0.15) is 0 Å². The maximum Gasteiger partial charge on any atom is 0.306 e. The lowest BCUT2D eigenvalue weighted by molar-refractivity contribution is -0.142. The number of rotatable bonds is 6. The molecule has 0 spiro atoms. The highest BCUT2D eigenvalue weighted by Crippen LogP contribution is 2.18. The third-order valence-corrected chi connectivity index (χ3v) is 3.46. The molecule has 2 aromatic rings. The molecular formula is C18H19NO3. The lowest BCUT2D eigenvalue weighted by Crippen LogP contribution is -2.15. The summed E-state index contributed by atoms with van der Waals surface area (Å²) in [4.78, 5) is 27.8. The van der Waals surface area contributed by atoms with Crippen LogP contribution in [0.5, 0.6) is 0 Å². The van der Waals surface area contributed by atoms with Gasteiger partial charge in [-0.15, -0.1) is 0 Å². The lowest BCUT2D eigenvalue weighted by atomic mass is 10.00. The molecule has 0 saturated carbocycles. The smallest absolute Gasteiger partial charge is 0.306 e. The summed E-state index contributed by atoms with van der Waals surface area (Å²) in [7, 11) is 0. The van der Waals surface area contributed by atoms with Gasteiger partial charge < -0.3 is 4.74 Å². The van der Waals surface area contributed by atoms with Crippen LogP contribution in [-0.4, -0.2) is 23.3 Å². The molecule has 1 unspecified atom stereocenters. The van der Waals surface area contributed by atoms with Crippen molar-refractivity contribution in [3.05, 3.63) is 65.5 Å². The minimum atomic E-state index is -0.378. The van der Waals surface area contributed by atoms with E-state index >= 15 is 0 Å². The zero-order chi connectivity index (χ0) is 15.9. The summed E-state index contributed by atoms with van der Waals surface area (Å²) < 4.78 is 5.07. The van der Waals surface area contributed by atoms with Crippen molar-refractivity contribution in [1.82, 2.24) is 4.98 Å². The van der Waals surface area contributed by atoms with E-state index < -0.39 is 0 Å². The largest absolute Gasteiger partial charge is 0.457 e. The highest BCUT2D eigenvalue weighted by atomic mass is 16.5. The minimum Gasteiger partial charge on any atom is -0.457 e. The monoisotopic (exact) mass is 297 g/mol. The third-order valence-electron chi connectivity index (χ3n) is 3.46. The molecule has 1 aromatic carbocycles. The van der Waals surface area contributed by atoms with Gasteiger partial charge in [-0.25, -0.2) is 0 Å². The van der Waals surface area contributed by atoms with E-state index in [0.717, 1.165) is 11.1 Å². The van der Waals surface area contributed by atoms with Crippen LogP contribution in [0.4, 0.5) is 0 Å². The van der Waals surface area contributed by atoms with Gasteiger partial charge in [-0.3, -0.25) is 14.6 Å². The Labute approximate surface area is 130 Å². The molecular weight excluding hydrogens is 278 g/mol. The van der Waals surface area contributed by atoms with Gasteiger partial charge >= 0.3 is 5.97 Å². The van der Waals surface area contributed by atoms with Crippen molar-refractivity contribution in [1.29, 1.82) is 0 Å². The summed E-state index contributed by atoms with van der Waals surface area (Å²) in [5.41, 5.74) is 2.61. The molecule has 0 aliphatic carbocycles. The Kier molecular flexibility index (Phi) is 5.42. The van der Waals surface area contributed by atoms with Gasteiger partial charge in [0.15, 0.2) is 12.4 Å². The van der Waals surface area contributed by atoms with Crippen molar-refractivity contribution in [3.8, 4) is 0 Å². The van der Waals surface area contributed by atoms with Crippen LogP contribution in [0.25, 0.3) is 0 Å². The van der Waals surface area contributed by atoms with Crippen molar-refractivity contribution in [3.63, 3.8) is 0 Å². The van der Waals surface area contributed by atoms with Crippen LogP contribution >= 0.6 is 0 Å². The molecule has 4 nitrogen and oxygen atoms in total. The second-order valence-corrected chi connectivity index (χ2v) is 5.34. The van der Waals surface area contributed by atoms with Gasteiger partial charge in [-0.1, -0.05) is 42.8 Å². The fourth-order valence-electron chi connectivity index (χ4n) is 2.06. The number of pyridine rings is 1. The molecule has 114 valence electrons. The van der Waals surface area contributed by atoms with E-state index in [4.69, 9.17) is 4.74 Å². The molecule has 0 radical (unpaired) electrons. The van der Waals surface area contributed by atoms with Gasteiger partial charge in [0.05, 0.1) is 6.42 Å². The quantitative estimate of drug-likeness (QED) is 0.606. The van der Waals surface area contributed by atoms with Gasteiger partial charge in [-0.05, 0) is 24.5 Å². The molecule has 0 aliphatic heterocycles. The number of carbonyl (C=O) groups excluding carboxylic acids is 2. The number of nitrogens with zero attached hydrogens (tertiary/aromatic N) is 1. The Bertz CT molecular complexity index is 635. The molecule has 1 atom stereocenters. The fourth-order valence-corrected chi connectivity index (χ4v) is 2.06. The molecule has 4 heteroatoms. The molecule has 0 amide bonds. The van der Waals surface area contributed by atoms with Crippen LogP contribution in [0.2, 0.25) is 0 Å². The highest BCUT2D eigenvalue weighted by molar-refractivity contribution is 5.97. The highest BCUT2D eigenvalue weighted by Gasteiger charge is 2.14. The van der Waals surface area contributed by atoms with Gasteiger partial charge in [0.1, 0.15) is 0 Å². The van der Waals surface area contributed by atoms with Gasteiger partial charge in [0, 0.05) is 18.0 Å². The first-order valence-electron chi connectivity index (χ1n) is 7.21. The number of hydrogen-bond donors (Lipinski definition) is 0. The SMILES string of the molecule is Cc1ccc(C(=O)COC(=O)CC(C)c2cccnc2)cc1. The zero-order valence-electron chi connectivity index (χ0n) is 12.8. The number of hydrogen-bond acceptors (Lipinski definition) is 4. The molecule has 0 saturated heterocycles. The van der Waals surface area contributed by atoms with Crippen LogP contribution in [0.15, 0.2) is 48.8 Å². The lowest BCUT2D eigenvalue weighted by Gasteiger charge is -2.10. The van der Waals surface area contributed by atoms with Crippen molar-refractivity contribution in [2.24, 2.45) is 0 Å². The van der Waals surface area contributed by atoms with Gasteiger partial charge in [0.25, 0.3) is 0 Å².